The maximum absolute atomic E-state index is 13.3. The Balaban J connectivity index is 1.60. The normalized spacial score (nSPS) is 28.6. The van der Waals surface area contributed by atoms with E-state index in [2.05, 4.69) is 5.32 Å². The quantitative estimate of drug-likeness (QED) is 0.835. The van der Waals surface area contributed by atoms with Crippen molar-refractivity contribution in [2.45, 2.75) is 44.7 Å². The number of ether oxygens (including phenoxy) is 1. The first-order valence-electron chi connectivity index (χ1n) is 10.5. The molecule has 3 aliphatic heterocycles. The van der Waals surface area contributed by atoms with E-state index in [0.29, 0.717) is 37.4 Å². The van der Waals surface area contributed by atoms with Gasteiger partial charge in [0.05, 0.1) is 18.7 Å². The van der Waals surface area contributed by atoms with Crippen molar-refractivity contribution in [1.29, 1.82) is 0 Å². The van der Waals surface area contributed by atoms with Crippen molar-refractivity contribution in [2.24, 2.45) is 11.8 Å². The van der Waals surface area contributed by atoms with Gasteiger partial charge in [0.1, 0.15) is 5.75 Å². The SMILES string of the molecule is COc1ccccc1C(=O)N1C[C@H]2C[C@@H](C1)[C@H](CNC(C)=O)N1C(=O)CCC[C@@H]21. The van der Waals surface area contributed by atoms with Crippen molar-refractivity contribution >= 4 is 17.7 Å². The van der Waals surface area contributed by atoms with Crippen LogP contribution >= 0.6 is 0 Å². The largest absolute Gasteiger partial charge is 0.496 e. The first kappa shape index (κ1) is 19.7. The summed E-state index contributed by atoms with van der Waals surface area (Å²) >= 11 is 0. The van der Waals surface area contributed by atoms with Crippen LogP contribution in [-0.2, 0) is 9.59 Å². The molecule has 1 aromatic rings. The topological polar surface area (TPSA) is 79.0 Å². The second kappa shape index (κ2) is 8.05. The fourth-order valence-electron chi connectivity index (χ4n) is 5.44. The lowest BCUT2D eigenvalue weighted by Gasteiger charge is -2.56. The fraction of sp³-hybridized carbons (Fsp3) is 0.591. The molecule has 2 bridgehead atoms. The molecule has 7 heteroatoms. The number of hydrogen-bond acceptors (Lipinski definition) is 4. The van der Waals surface area contributed by atoms with Gasteiger partial charge in [-0.1, -0.05) is 12.1 Å². The minimum Gasteiger partial charge on any atom is -0.496 e. The van der Waals surface area contributed by atoms with Gasteiger partial charge in [0.15, 0.2) is 0 Å². The van der Waals surface area contributed by atoms with Gasteiger partial charge >= 0.3 is 0 Å². The molecule has 3 fully saturated rings. The Morgan fingerprint density at radius 2 is 1.97 bits per heavy atom. The fourth-order valence-corrected chi connectivity index (χ4v) is 5.44. The number of carbonyl (C=O) groups excluding carboxylic acids is 3. The summed E-state index contributed by atoms with van der Waals surface area (Å²) in [7, 11) is 1.58. The first-order valence-corrected chi connectivity index (χ1v) is 10.5. The number of nitrogens with one attached hydrogen (secondary N) is 1. The highest BCUT2D eigenvalue weighted by Crippen LogP contribution is 2.42. The average molecular weight is 399 g/mol. The number of likely N-dealkylation sites (tertiary alicyclic amines) is 1. The summed E-state index contributed by atoms with van der Waals surface area (Å²) in [6.07, 6.45) is 3.44. The number of methoxy groups -OCH3 is 1. The van der Waals surface area contributed by atoms with E-state index < -0.39 is 0 Å². The Morgan fingerprint density at radius 1 is 1.21 bits per heavy atom. The van der Waals surface area contributed by atoms with Crippen molar-refractivity contribution < 1.29 is 19.1 Å². The van der Waals surface area contributed by atoms with E-state index in [1.54, 1.807) is 19.2 Å². The zero-order chi connectivity index (χ0) is 20.5. The molecule has 1 aromatic carbocycles. The van der Waals surface area contributed by atoms with Gasteiger partial charge in [-0.3, -0.25) is 14.4 Å². The molecular formula is C22H29N3O4. The summed E-state index contributed by atoms with van der Waals surface area (Å²) in [5, 5.41) is 2.91. The summed E-state index contributed by atoms with van der Waals surface area (Å²) in [4.78, 5) is 41.6. The van der Waals surface area contributed by atoms with Gasteiger partial charge in [0, 0.05) is 39.0 Å². The number of nitrogens with zero attached hydrogens (tertiary/aromatic N) is 2. The first-order chi connectivity index (χ1) is 14.0. The molecule has 0 spiro atoms. The van der Waals surface area contributed by atoms with E-state index in [9.17, 15) is 14.4 Å². The monoisotopic (exact) mass is 399 g/mol. The Bertz CT molecular complexity index is 811. The van der Waals surface area contributed by atoms with Gasteiger partial charge in [-0.15, -0.1) is 0 Å². The van der Waals surface area contributed by atoms with Crippen LogP contribution in [0.25, 0.3) is 0 Å². The minimum atomic E-state index is -0.0918. The summed E-state index contributed by atoms with van der Waals surface area (Å²) in [5.41, 5.74) is 0.574. The van der Waals surface area contributed by atoms with Crippen molar-refractivity contribution in [3.63, 3.8) is 0 Å². The lowest BCUT2D eigenvalue weighted by molar-refractivity contribution is -0.151. The highest BCUT2D eigenvalue weighted by molar-refractivity contribution is 5.97. The third kappa shape index (κ3) is 3.70. The van der Waals surface area contributed by atoms with E-state index in [1.165, 1.54) is 6.92 Å². The molecule has 0 radical (unpaired) electrons. The second-order valence-electron chi connectivity index (χ2n) is 8.43. The molecule has 0 unspecified atom stereocenters. The van der Waals surface area contributed by atoms with Crippen LogP contribution in [0.2, 0.25) is 0 Å². The molecule has 0 saturated carbocycles. The predicted molar refractivity (Wildman–Crippen MR) is 107 cm³/mol. The molecule has 0 aliphatic carbocycles. The zero-order valence-electron chi connectivity index (χ0n) is 17.1. The maximum atomic E-state index is 13.3. The Kier molecular flexibility index (Phi) is 5.48. The van der Waals surface area contributed by atoms with Gasteiger partial charge in [0.25, 0.3) is 5.91 Å². The van der Waals surface area contributed by atoms with Crippen LogP contribution < -0.4 is 10.1 Å². The lowest BCUT2D eigenvalue weighted by Crippen LogP contribution is -2.67. The highest BCUT2D eigenvalue weighted by Gasteiger charge is 2.50. The minimum absolute atomic E-state index is 0.0222. The Hall–Kier alpha value is -2.57. The van der Waals surface area contributed by atoms with Gasteiger partial charge in [0.2, 0.25) is 11.8 Å². The van der Waals surface area contributed by atoms with E-state index in [-0.39, 0.29) is 41.6 Å². The van der Waals surface area contributed by atoms with Crippen LogP contribution in [0.15, 0.2) is 24.3 Å². The van der Waals surface area contributed by atoms with Crippen molar-refractivity contribution in [1.82, 2.24) is 15.1 Å². The number of carbonyl (C=O) groups is 3. The number of fused-ring (bicyclic) bond motifs is 4. The van der Waals surface area contributed by atoms with Gasteiger partial charge in [-0.25, -0.2) is 0 Å². The van der Waals surface area contributed by atoms with Crippen molar-refractivity contribution in [2.75, 3.05) is 26.7 Å². The van der Waals surface area contributed by atoms with E-state index in [4.69, 9.17) is 4.74 Å². The zero-order valence-corrected chi connectivity index (χ0v) is 17.1. The van der Waals surface area contributed by atoms with Crippen molar-refractivity contribution in [3.8, 4) is 5.75 Å². The molecule has 4 atom stereocenters. The number of piperidine rings is 3. The van der Waals surface area contributed by atoms with Crippen LogP contribution in [0, 0.1) is 11.8 Å². The van der Waals surface area contributed by atoms with Crippen molar-refractivity contribution in [3.05, 3.63) is 29.8 Å². The number of amides is 3. The van der Waals surface area contributed by atoms with Crippen LogP contribution in [0.5, 0.6) is 5.75 Å². The number of rotatable bonds is 4. The smallest absolute Gasteiger partial charge is 0.257 e. The van der Waals surface area contributed by atoms with Crippen LogP contribution in [0.4, 0.5) is 0 Å². The standard InChI is InChI=1S/C22H29N3O4/c1-14(26)23-11-19-16-10-15(18-7-5-9-21(27)25(18)19)12-24(13-16)22(28)17-6-3-4-8-20(17)29-2/h3-4,6,8,15-16,18-19H,5,7,9-13H2,1-2H3,(H,23,26)/t15-,16+,18+,19+/m1/s1. The summed E-state index contributed by atoms with van der Waals surface area (Å²) in [6, 6.07) is 7.41. The molecule has 3 saturated heterocycles. The van der Waals surface area contributed by atoms with E-state index in [1.807, 2.05) is 21.9 Å². The summed E-state index contributed by atoms with van der Waals surface area (Å²) in [5.74, 6) is 1.10. The average Bonchev–Trinajstić information content (AvgIpc) is 2.73. The van der Waals surface area contributed by atoms with Crippen LogP contribution in [0.1, 0.15) is 43.0 Å². The Morgan fingerprint density at radius 3 is 2.72 bits per heavy atom. The highest BCUT2D eigenvalue weighted by atomic mass is 16.5. The van der Waals surface area contributed by atoms with E-state index >= 15 is 0 Å². The molecule has 3 amide bonds. The molecule has 29 heavy (non-hydrogen) atoms. The maximum Gasteiger partial charge on any atom is 0.257 e. The lowest BCUT2D eigenvalue weighted by atomic mass is 9.72. The molecule has 1 N–H and O–H groups in total. The van der Waals surface area contributed by atoms with Crippen LogP contribution in [0.3, 0.4) is 0 Å². The number of para-hydroxylation sites is 1. The van der Waals surface area contributed by atoms with Gasteiger partial charge in [-0.05, 0) is 43.2 Å². The molecule has 3 aliphatic rings. The number of hydrogen-bond donors (Lipinski definition) is 1. The third-order valence-corrected chi connectivity index (χ3v) is 6.68. The summed E-state index contributed by atoms with van der Waals surface area (Å²) in [6.45, 7) is 3.20. The summed E-state index contributed by atoms with van der Waals surface area (Å²) < 4.78 is 5.39. The molecule has 156 valence electrons. The second-order valence-corrected chi connectivity index (χ2v) is 8.43. The van der Waals surface area contributed by atoms with Crippen LogP contribution in [-0.4, -0.2) is 66.3 Å². The molecule has 4 rings (SSSR count). The van der Waals surface area contributed by atoms with Gasteiger partial charge in [-0.2, -0.15) is 0 Å². The van der Waals surface area contributed by atoms with Gasteiger partial charge < -0.3 is 19.9 Å². The number of benzene rings is 1. The predicted octanol–water partition coefficient (Wildman–Crippen LogP) is 1.67. The Labute approximate surface area is 171 Å². The molecule has 7 nitrogen and oxygen atoms in total. The third-order valence-electron chi connectivity index (χ3n) is 6.68. The molecule has 3 heterocycles. The molecular weight excluding hydrogens is 370 g/mol. The molecule has 0 aromatic heterocycles. The van der Waals surface area contributed by atoms with E-state index in [0.717, 1.165) is 19.3 Å².